The Hall–Kier alpha value is -1.38. The van der Waals surface area contributed by atoms with E-state index in [0.717, 1.165) is 18.4 Å². The van der Waals surface area contributed by atoms with Gasteiger partial charge in [0.1, 0.15) is 6.61 Å². The average Bonchev–Trinajstić information content (AvgIpc) is 2.59. The van der Waals surface area contributed by atoms with Crippen LogP contribution in [-0.4, -0.2) is 11.0 Å². The number of hydrogen-bond donors (Lipinski definition) is 0. The van der Waals surface area contributed by atoms with E-state index < -0.39 is 0 Å². The lowest BCUT2D eigenvalue weighted by molar-refractivity contribution is -0.145. The molecular formula is C20H33NO2. The molecule has 3 nitrogen and oxygen atoms in total. The summed E-state index contributed by atoms with van der Waals surface area (Å²) >= 11 is 0. The number of nitrogens with zero attached hydrogens (tertiary/aromatic N) is 1. The molecule has 0 saturated carbocycles. The highest BCUT2D eigenvalue weighted by Gasteiger charge is 2.03. The van der Waals surface area contributed by atoms with E-state index in [1.807, 2.05) is 12.1 Å². The van der Waals surface area contributed by atoms with Crippen LogP contribution >= 0.6 is 0 Å². The molecular weight excluding hydrogens is 286 g/mol. The molecule has 130 valence electrons. The molecule has 0 aliphatic carbocycles. The third-order valence-corrected chi connectivity index (χ3v) is 4.13. The molecule has 0 fully saturated rings. The number of pyridine rings is 1. The van der Waals surface area contributed by atoms with Crippen LogP contribution < -0.4 is 0 Å². The molecule has 1 aromatic heterocycles. The van der Waals surface area contributed by atoms with Crippen molar-refractivity contribution in [2.45, 2.75) is 90.6 Å². The summed E-state index contributed by atoms with van der Waals surface area (Å²) in [6.07, 6.45) is 18.2. The van der Waals surface area contributed by atoms with Crippen molar-refractivity contribution in [3.63, 3.8) is 0 Å². The molecule has 3 heteroatoms. The molecule has 0 saturated heterocycles. The van der Waals surface area contributed by atoms with Crippen molar-refractivity contribution in [1.82, 2.24) is 4.98 Å². The molecule has 0 aliphatic heterocycles. The molecule has 1 rings (SSSR count). The molecule has 0 atom stereocenters. The van der Waals surface area contributed by atoms with Crippen molar-refractivity contribution in [2.24, 2.45) is 0 Å². The minimum Gasteiger partial charge on any atom is -0.461 e. The summed E-state index contributed by atoms with van der Waals surface area (Å²) in [4.78, 5) is 15.6. The Labute approximate surface area is 141 Å². The first kappa shape index (κ1) is 19.7. The predicted molar refractivity (Wildman–Crippen MR) is 95.1 cm³/mol. The first-order valence-corrected chi connectivity index (χ1v) is 9.37. The summed E-state index contributed by atoms with van der Waals surface area (Å²) in [6, 6.07) is 3.74. The van der Waals surface area contributed by atoms with Gasteiger partial charge in [-0.1, -0.05) is 71.1 Å². The maximum absolute atomic E-state index is 11.6. The van der Waals surface area contributed by atoms with Crippen LogP contribution in [0.3, 0.4) is 0 Å². The molecule has 0 spiro atoms. The average molecular weight is 319 g/mol. The number of hydrogen-bond acceptors (Lipinski definition) is 3. The van der Waals surface area contributed by atoms with E-state index >= 15 is 0 Å². The van der Waals surface area contributed by atoms with Crippen molar-refractivity contribution >= 4 is 5.97 Å². The monoisotopic (exact) mass is 319 g/mol. The van der Waals surface area contributed by atoms with Crippen LogP contribution in [0, 0.1) is 0 Å². The molecule has 0 aliphatic rings. The second-order valence-corrected chi connectivity index (χ2v) is 6.30. The third kappa shape index (κ3) is 11.8. The zero-order valence-corrected chi connectivity index (χ0v) is 14.8. The maximum atomic E-state index is 11.6. The minimum absolute atomic E-state index is 0.0854. The van der Waals surface area contributed by atoms with Gasteiger partial charge in [-0.15, -0.1) is 0 Å². The summed E-state index contributed by atoms with van der Waals surface area (Å²) in [6.45, 7) is 2.62. The lowest BCUT2D eigenvalue weighted by atomic mass is 10.1. The van der Waals surface area contributed by atoms with E-state index in [9.17, 15) is 4.79 Å². The van der Waals surface area contributed by atoms with Gasteiger partial charge in [0.05, 0.1) is 0 Å². The standard InChI is InChI=1S/C20H33NO2/c1-2-3-4-5-6-7-8-9-10-11-12-13-20(22)23-18-19-14-16-21-17-15-19/h14-17H,2-13,18H2,1H3. The van der Waals surface area contributed by atoms with E-state index in [4.69, 9.17) is 4.74 Å². The molecule has 1 aromatic rings. The summed E-state index contributed by atoms with van der Waals surface area (Å²) < 4.78 is 5.25. The molecule has 0 amide bonds. The van der Waals surface area contributed by atoms with Crippen LogP contribution in [0.1, 0.15) is 89.5 Å². The maximum Gasteiger partial charge on any atom is 0.306 e. The van der Waals surface area contributed by atoms with Crippen LogP contribution in [0.2, 0.25) is 0 Å². The van der Waals surface area contributed by atoms with Gasteiger partial charge in [-0.3, -0.25) is 9.78 Å². The Balaban J connectivity index is 1.84. The molecule has 0 unspecified atom stereocenters. The van der Waals surface area contributed by atoms with Gasteiger partial charge in [0, 0.05) is 18.8 Å². The van der Waals surface area contributed by atoms with Crippen LogP contribution in [-0.2, 0) is 16.1 Å². The molecule has 0 radical (unpaired) electrons. The van der Waals surface area contributed by atoms with Gasteiger partial charge in [0.2, 0.25) is 0 Å². The Morgan fingerprint density at radius 2 is 1.39 bits per heavy atom. The highest BCUT2D eigenvalue weighted by molar-refractivity contribution is 5.69. The number of carbonyl (C=O) groups is 1. The van der Waals surface area contributed by atoms with E-state index in [0.29, 0.717) is 13.0 Å². The van der Waals surface area contributed by atoms with Crippen LogP contribution in [0.5, 0.6) is 0 Å². The SMILES string of the molecule is CCCCCCCCCCCCCC(=O)OCc1ccncc1. The van der Waals surface area contributed by atoms with Crippen molar-refractivity contribution in [3.8, 4) is 0 Å². The quantitative estimate of drug-likeness (QED) is 0.320. The first-order valence-electron chi connectivity index (χ1n) is 9.37. The second kappa shape index (κ2) is 14.2. The summed E-state index contributed by atoms with van der Waals surface area (Å²) in [5.74, 6) is -0.0854. The lowest BCUT2D eigenvalue weighted by Gasteiger charge is -2.05. The van der Waals surface area contributed by atoms with Gasteiger partial charge < -0.3 is 4.74 Å². The van der Waals surface area contributed by atoms with Gasteiger partial charge in [-0.2, -0.15) is 0 Å². The zero-order chi connectivity index (χ0) is 16.6. The molecule has 0 aromatic carbocycles. The van der Waals surface area contributed by atoms with Crippen molar-refractivity contribution < 1.29 is 9.53 Å². The number of unbranched alkanes of at least 4 members (excludes halogenated alkanes) is 10. The van der Waals surface area contributed by atoms with Gasteiger partial charge in [-0.25, -0.2) is 0 Å². The Morgan fingerprint density at radius 1 is 0.870 bits per heavy atom. The van der Waals surface area contributed by atoms with Crippen LogP contribution in [0.4, 0.5) is 0 Å². The molecule has 0 bridgehead atoms. The molecule has 0 N–H and O–H groups in total. The number of aromatic nitrogens is 1. The minimum atomic E-state index is -0.0854. The van der Waals surface area contributed by atoms with Gasteiger partial charge >= 0.3 is 5.97 Å². The van der Waals surface area contributed by atoms with E-state index in [1.165, 1.54) is 57.8 Å². The number of rotatable bonds is 14. The molecule has 1 heterocycles. The van der Waals surface area contributed by atoms with Crippen molar-refractivity contribution in [1.29, 1.82) is 0 Å². The van der Waals surface area contributed by atoms with Crippen LogP contribution in [0.15, 0.2) is 24.5 Å². The number of esters is 1. The topological polar surface area (TPSA) is 39.2 Å². The Kier molecular flexibility index (Phi) is 12.2. The predicted octanol–water partition coefficient (Wildman–Crippen LogP) is 5.83. The third-order valence-electron chi connectivity index (χ3n) is 4.13. The fourth-order valence-corrected chi connectivity index (χ4v) is 2.65. The van der Waals surface area contributed by atoms with Gasteiger partial charge in [0.15, 0.2) is 0 Å². The van der Waals surface area contributed by atoms with E-state index in [2.05, 4.69) is 11.9 Å². The van der Waals surface area contributed by atoms with Gasteiger partial charge in [-0.05, 0) is 24.1 Å². The highest BCUT2D eigenvalue weighted by atomic mass is 16.5. The molecule has 23 heavy (non-hydrogen) atoms. The normalized spacial score (nSPS) is 10.7. The van der Waals surface area contributed by atoms with Gasteiger partial charge in [0.25, 0.3) is 0 Å². The zero-order valence-electron chi connectivity index (χ0n) is 14.8. The fourth-order valence-electron chi connectivity index (χ4n) is 2.65. The second-order valence-electron chi connectivity index (χ2n) is 6.30. The van der Waals surface area contributed by atoms with Crippen LogP contribution in [0.25, 0.3) is 0 Å². The number of ether oxygens (including phenoxy) is 1. The highest BCUT2D eigenvalue weighted by Crippen LogP contribution is 2.12. The first-order chi connectivity index (χ1) is 11.3. The van der Waals surface area contributed by atoms with Crippen molar-refractivity contribution in [2.75, 3.05) is 0 Å². The fraction of sp³-hybridized carbons (Fsp3) is 0.700. The Bertz CT molecular complexity index is 392. The Morgan fingerprint density at radius 3 is 1.96 bits per heavy atom. The van der Waals surface area contributed by atoms with E-state index in [1.54, 1.807) is 12.4 Å². The van der Waals surface area contributed by atoms with Crippen molar-refractivity contribution in [3.05, 3.63) is 30.1 Å². The number of carbonyl (C=O) groups excluding carboxylic acids is 1. The largest absolute Gasteiger partial charge is 0.461 e. The van der Waals surface area contributed by atoms with E-state index in [-0.39, 0.29) is 5.97 Å². The summed E-state index contributed by atoms with van der Waals surface area (Å²) in [5, 5.41) is 0. The summed E-state index contributed by atoms with van der Waals surface area (Å²) in [7, 11) is 0. The summed E-state index contributed by atoms with van der Waals surface area (Å²) in [5.41, 5.74) is 0.993. The smallest absolute Gasteiger partial charge is 0.306 e. The lowest BCUT2D eigenvalue weighted by Crippen LogP contribution is -2.04.